The molecule has 1 amide bonds. The van der Waals surface area contributed by atoms with Gasteiger partial charge >= 0.3 is 6.61 Å². The van der Waals surface area contributed by atoms with Gasteiger partial charge in [0.25, 0.3) is 5.91 Å². The first-order chi connectivity index (χ1) is 14.1. The summed E-state index contributed by atoms with van der Waals surface area (Å²) in [5, 5.41) is 2.71. The molecule has 8 heteroatoms. The van der Waals surface area contributed by atoms with E-state index in [-0.39, 0.29) is 17.1 Å². The van der Waals surface area contributed by atoms with E-state index in [1.165, 1.54) is 44.6 Å². The van der Waals surface area contributed by atoms with Crippen molar-refractivity contribution in [3.05, 3.63) is 42.1 Å². The smallest absolute Gasteiger partial charge is 0.387 e. The molecule has 6 nitrogen and oxygen atoms in total. The van der Waals surface area contributed by atoms with E-state index < -0.39 is 12.5 Å². The SMILES string of the molecule is COc1cc(C(=O)Nc2ncccc2OCC2CCCCC2)ccc1OC(F)F. The van der Waals surface area contributed by atoms with Gasteiger partial charge in [0.05, 0.1) is 13.7 Å². The predicted octanol–water partition coefficient (Wildman–Crippen LogP) is 4.90. The number of alkyl halides is 2. The quantitative estimate of drug-likeness (QED) is 0.675. The zero-order valence-corrected chi connectivity index (χ0v) is 16.2. The van der Waals surface area contributed by atoms with Gasteiger partial charge in [0.2, 0.25) is 0 Å². The predicted molar refractivity (Wildman–Crippen MR) is 104 cm³/mol. The van der Waals surface area contributed by atoms with Crippen molar-refractivity contribution < 1.29 is 27.8 Å². The van der Waals surface area contributed by atoms with Crippen LogP contribution in [0.25, 0.3) is 0 Å². The van der Waals surface area contributed by atoms with E-state index in [4.69, 9.17) is 9.47 Å². The highest BCUT2D eigenvalue weighted by Crippen LogP contribution is 2.31. The van der Waals surface area contributed by atoms with Gasteiger partial charge in [0, 0.05) is 11.8 Å². The van der Waals surface area contributed by atoms with Crippen LogP contribution >= 0.6 is 0 Å². The van der Waals surface area contributed by atoms with Crippen LogP contribution in [0.15, 0.2) is 36.5 Å². The largest absolute Gasteiger partial charge is 0.493 e. The number of methoxy groups -OCH3 is 1. The van der Waals surface area contributed by atoms with Gasteiger partial charge in [0.1, 0.15) is 0 Å². The van der Waals surface area contributed by atoms with Gasteiger partial charge in [-0.3, -0.25) is 4.79 Å². The normalized spacial score (nSPS) is 14.5. The number of carbonyl (C=O) groups is 1. The first-order valence-corrected chi connectivity index (χ1v) is 9.59. The van der Waals surface area contributed by atoms with Crippen molar-refractivity contribution in [2.24, 2.45) is 5.92 Å². The Kier molecular flexibility index (Phi) is 7.21. The van der Waals surface area contributed by atoms with Gasteiger partial charge in [-0.25, -0.2) is 4.98 Å². The number of nitrogens with one attached hydrogen (secondary N) is 1. The molecular weight excluding hydrogens is 382 g/mol. The summed E-state index contributed by atoms with van der Waals surface area (Å²) in [5.74, 6) is 0.740. The van der Waals surface area contributed by atoms with Crippen molar-refractivity contribution in [3.63, 3.8) is 0 Å². The molecule has 0 radical (unpaired) electrons. The average Bonchev–Trinajstić information content (AvgIpc) is 2.73. The second-order valence-corrected chi connectivity index (χ2v) is 6.86. The number of rotatable bonds is 8. The van der Waals surface area contributed by atoms with Gasteiger partial charge in [-0.05, 0) is 49.1 Å². The lowest BCUT2D eigenvalue weighted by molar-refractivity contribution is -0.0512. The molecule has 3 rings (SSSR count). The van der Waals surface area contributed by atoms with E-state index in [0.717, 1.165) is 12.8 Å². The van der Waals surface area contributed by atoms with Crippen LogP contribution in [0.1, 0.15) is 42.5 Å². The number of hydrogen-bond acceptors (Lipinski definition) is 5. The second kappa shape index (κ2) is 10.0. The number of carbonyl (C=O) groups excluding carboxylic acids is 1. The van der Waals surface area contributed by atoms with E-state index in [1.54, 1.807) is 18.3 Å². The lowest BCUT2D eigenvalue weighted by Crippen LogP contribution is -2.18. The maximum atomic E-state index is 12.6. The molecule has 1 N–H and O–H groups in total. The van der Waals surface area contributed by atoms with Gasteiger partial charge in [-0.1, -0.05) is 19.3 Å². The fourth-order valence-corrected chi connectivity index (χ4v) is 3.34. The van der Waals surface area contributed by atoms with Crippen LogP contribution in [-0.2, 0) is 0 Å². The van der Waals surface area contributed by atoms with E-state index in [9.17, 15) is 13.6 Å². The second-order valence-electron chi connectivity index (χ2n) is 6.86. The van der Waals surface area contributed by atoms with Crippen LogP contribution < -0.4 is 19.5 Å². The topological polar surface area (TPSA) is 69.7 Å². The van der Waals surface area contributed by atoms with Crippen molar-refractivity contribution >= 4 is 11.7 Å². The number of nitrogens with zero attached hydrogens (tertiary/aromatic N) is 1. The van der Waals surface area contributed by atoms with Crippen LogP contribution in [0.3, 0.4) is 0 Å². The standard InChI is InChI=1S/C21H24F2N2O4/c1-27-18-12-15(9-10-16(18)29-21(22)23)20(26)25-19-17(8-5-11-24-19)28-13-14-6-3-2-4-7-14/h5,8-12,14,21H,2-4,6-7,13H2,1H3,(H,24,25,26). The molecule has 1 heterocycles. The van der Waals surface area contributed by atoms with Crippen LogP contribution in [0, 0.1) is 5.92 Å². The molecule has 2 aromatic rings. The summed E-state index contributed by atoms with van der Waals surface area (Å²) < 4.78 is 40.2. The summed E-state index contributed by atoms with van der Waals surface area (Å²) >= 11 is 0. The summed E-state index contributed by atoms with van der Waals surface area (Å²) in [6.07, 6.45) is 7.57. The molecule has 1 saturated carbocycles. The lowest BCUT2D eigenvalue weighted by Gasteiger charge is -2.22. The molecule has 0 atom stereocenters. The molecule has 1 aromatic heterocycles. The highest BCUT2D eigenvalue weighted by atomic mass is 19.3. The fraction of sp³-hybridized carbons (Fsp3) is 0.429. The molecular formula is C21H24F2N2O4. The van der Waals surface area contributed by atoms with Crippen molar-refractivity contribution in [2.75, 3.05) is 19.0 Å². The van der Waals surface area contributed by atoms with Crippen molar-refractivity contribution in [1.29, 1.82) is 0 Å². The minimum absolute atomic E-state index is 0.0349. The zero-order chi connectivity index (χ0) is 20.6. The number of amides is 1. The van der Waals surface area contributed by atoms with Crippen LogP contribution in [0.2, 0.25) is 0 Å². The minimum atomic E-state index is -2.99. The van der Waals surface area contributed by atoms with Crippen molar-refractivity contribution in [1.82, 2.24) is 4.98 Å². The van der Waals surface area contributed by atoms with Gasteiger partial charge < -0.3 is 19.5 Å². The van der Waals surface area contributed by atoms with Gasteiger partial charge in [-0.2, -0.15) is 8.78 Å². The number of halogens is 2. The number of hydrogen-bond donors (Lipinski definition) is 1. The summed E-state index contributed by atoms with van der Waals surface area (Å²) in [6.45, 7) is -2.40. The molecule has 29 heavy (non-hydrogen) atoms. The maximum Gasteiger partial charge on any atom is 0.387 e. The molecule has 1 fully saturated rings. The molecule has 0 spiro atoms. The molecule has 156 valence electrons. The average molecular weight is 406 g/mol. The summed E-state index contributed by atoms with van der Waals surface area (Å²) in [7, 11) is 1.31. The molecule has 0 bridgehead atoms. The highest BCUT2D eigenvalue weighted by Gasteiger charge is 2.18. The fourth-order valence-electron chi connectivity index (χ4n) is 3.34. The van der Waals surface area contributed by atoms with Crippen LogP contribution in [0.5, 0.6) is 17.2 Å². The molecule has 1 aliphatic rings. The lowest BCUT2D eigenvalue weighted by atomic mass is 9.90. The van der Waals surface area contributed by atoms with Crippen molar-refractivity contribution in [2.45, 2.75) is 38.7 Å². The Labute approximate surface area is 168 Å². The third kappa shape index (κ3) is 5.79. The number of aromatic nitrogens is 1. The van der Waals surface area contributed by atoms with E-state index in [1.807, 2.05) is 0 Å². The summed E-state index contributed by atoms with van der Waals surface area (Å²) in [5.41, 5.74) is 0.215. The zero-order valence-electron chi connectivity index (χ0n) is 16.2. The maximum absolute atomic E-state index is 12.6. The Bertz CT molecular complexity index is 826. The molecule has 0 saturated heterocycles. The van der Waals surface area contributed by atoms with E-state index >= 15 is 0 Å². The van der Waals surface area contributed by atoms with Crippen molar-refractivity contribution in [3.8, 4) is 17.2 Å². The minimum Gasteiger partial charge on any atom is -0.493 e. The molecule has 1 aliphatic carbocycles. The summed E-state index contributed by atoms with van der Waals surface area (Å²) in [6, 6.07) is 7.47. The molecule has 1 aromatic carbocycles. The van der Waals surface area contributed by atoms with Crippen LogP contribution in [-0.4, -0.2) is 31.2 Å². The first-order valence-electron chi connectivity index (χ1n) is 9.59. The Balaban J connectivity index is 1.68. The van der Waals surface area contributed by atoms with E-state index in [2.05, 4.69) is 15.0 Å². The number of anilines is 1. The number of ether oxygens (including phenoxy) is 3. The summed E-state index contributed by atoms with van der Waals surface area (Å²) in [4.78, 5) is 16.8. The first kappa shape index (κ1) is 20.8. The Morgan fingerprint density at radius 1 is 1.17 bits per heavy atom. The van der Waals surface area contributed by atoms with Crippen LogP contribution in [0.4, 0.5) is 14.6 Å². The number of pyridine rings is 1. The Hall–Kier alpha value is -2.90. The third-order valence-electron chi connectivity index (χ3n) is 4.84. The third-order valence-corrected chi connectivity index (χ3v) is 4.84. The molecule has 0 unspecified atom stereocenters. The van der Waals surface area contributed by atoms with E-state index in [0.29, 0.717) is 24.1 Å². The van der Waals surface area contributed by atoms with Gasteiger partial charge in [0.15, 0.2) is 23.1 Å². The highest BCUT2D eigenvalue weighted by molar-refractivity contribution is 6.04. The Morgan fingerprint density at radius 3 is 2.69 bits per heavy atom. The number of benzene rings is 1. The van der Waals surface area contributed by atoms with Gasteiger partial charge in [-0.15, -0.1) is 0 Å². The molecule has 0 aliphatic heterocycles. The monoisotopic (exact) mass is 406 g/mol. The Morgan fingerprint density at radius 2 is 1.97 bits per heavy atom.